The Balaban J connectivity index is 1.81. The second-order valence-electron chi connectivity index (χ2n) is 12.3. The summed E-state index contributed by atoms with van der Waals surface area (Å²) in [7, 11) is -4.16. The summed E-state index contributed by atoms with van der Waals surface area (Å²) >= 11 is 3.45. The number of benzene rings is 4. The van der Waals surface area contributed by atoms with E-state index in [0.717, 1.165) is 26.6 Å². The Hall–Kier alpha value is -3.95. The third kappa shape index (κ3) is 9.28. The van der Waals surface area contributed by atoms with Crippen LogP contribution in [0.4, 0.5) is 5.69 Å². The van der Waals surface area contributed by atoms with Gasteiger partial charge < -0.3 is 10.2 Å². The fourth-order valence-corrected chi connectivity index (χ4v) is 6.69. The topological polar surface area (TPSA) is 86.8 Å². The lowest BCUT2D eigenvalue weighted by Crippen LogP contribution is -2.56. The molecule has 0 aromatic heterocycles. The van der Waals surface area contributed by atoms with E-state index < -0.39 is 34.1 Å². The van der Waals surface area contributed by atoms with Crippen molar-refractivity contribution in [2.75, 3.05) is 10.8 Å². The number of anilines is 1. The number of carbonyl (C=O) groups excluding carboxylic acids is 2. The van der Waals surface area contributed by atoms with Gasteiger partial charge in [0.25, 0.3) is 10.0 Å². The highest BCUT2D eigenvalue weighted by molar-refractivity contribution is 9.10. The van der Waals surface area contributed by atoms with Crippen molar-refractivity contribution in [2.24, 2.45) is 0 Å². The standard InChI is InChI=1S/C36H40BrN3O4S/c1-26-14-18-29(19-15-26)24-39(33(35(42)38-36(3,4)5)22-28-10-7-6-8-11-28)34(41)25-40(31-13-9-12-30(37)23-31)45(43,44)32-20-16-27(2)17-21-32/h6-21,23,33H,22,24-25H2,1-5H3,(H,38,42)/t33-/m0/s1. The van der Waals surface area contributed by atoms with Crippen molar-refractivity contribution in [3.05, 3.63) is 130 Å². The average Bonchev–Trinajstić information content (AvgIpc) is 2.98. The zero-order chi connectivity index (χ0) is 32.8. The molecule has 0 radical (unpaired) electrons. The highest BCUT2D eigenvalue weighted by atomic mass is 79.9. The van der Waals surface area contributed by atoms with E-state index in [4.69, 9.17) is 0 Å². The Labute approximate surface area is 275 Å². The van der Waals surface area contributed by atoms with Crippen molar-refractivity contribution in [1.82, 2.24) is 10.2 Å². The molecule has 0 aliphatic heterocycles. The average molecular weight is 691 g/mol. The molecular weight excluding hydrogens is 650 g/mol. The lowest BCUT2D eigenvalue weighted by Gasteiger charge is -2.35. The number of nitrogens with one attached hydrogen (secondary N) is 1. The SMILES string of the molecule is Cc1ccc(CN(C(=O)CN(c2cccc(Br)c2)S(=O)(=O)c2ccc(C)cc2)[C@@H](Cc2ccccc2)C(=O)NC(C)(C)C)cc1. The zero-order valence-corrected chi connectivity index (χ0v) is 28.7. The minimum absolute atomic E-state index is 0.0669. The van der Waals surface area contributed by atoms with Crippen molar-refractivity contribution in [3.8, 4) is 0 Å². The first kappa shape index (κ1) is 33.9. The molecule has 2 amide bonds. The number of aryl methyl sites for hydroxylation is 2. The normalized spacial score (nSPS) is 12.3. The Morgan fingerprint density at radius 2 is 1.40 bits per heavy atom. The van der Waals surface area contributed by atoms with E-state index in [2.05, 4.69) is 21.2 Å². The Bertz CT molecular complexity index is 1720. The van der Waals surface area contributed by atoms with Crippen LogP contribution in [-0.2, 0) is 32.6 Å². The van der Waals surface area contributed by atoms with E-state index in [9.17, 15) is 18.0 Å². The van der Waals surface area contributed by atoms with E-state index in [1.807, 2.05) is 89.2 Å². The van der Waals surface area contributed by atoms with E-state index in [1.165, 1.54) is 4.90 Å². The van der Waals surface area contributed by atoms with Gasteiger partial charge in [0.15, 0.2) is 0 Å². The van der Waals surface area contributed by atoms with Gasteiger partial charge in [-0.2, -0.15) is 0 Å². The molecule has 0 aliphatic carbocycles. The maximum Gasteiger partial charge on any atom is 0.264 e. The third-order valence-corrected chi connectivity index (χ3v) is 9.51. The molecule has 0 unspecified atom stereocenters. The van der Waals surface area contributed by atoms with Crippen LogP contribution in [0.25, 0.3) is 0 Å². The minimum Gasteiger partial charge on any atom is -0.350 e. The predicted octanol–water partition coefficient (Wildman–Crippen LogP) is 6.82. The monoisotopic (exact) mass is 689 g/mol. The van der Waals surface area contributed by atoms with Crippen LogP contribution in [0.2, 0.25) is 0 Å². The second kappa shape index (κ2) is 14.4. The molecule has 0 saturated heterocycles. The lowest BCUT2D eigenvalue weighted by molar-refractivity contribution is -0.140. The summed E-state index contributed by atoms with van der Waals surface area (Å²) in [5.74, 6) is -0.821. The summed E-state index contributed by atoms with van der Waals surface area (Å²) in [6.45, 7) is 9.13. The molecule has 0 aliphatic rings. The number of halogens is 1. The number of carbonyl (C=O) groups is 2. The fraction of sp³-hybridized carbons (Fsp3) is 0.278. The maximum atomic E-state index is 14.5. The van der Waals surface area contributed by atoms with E-state index in [-0.39, 0.29) is 23.8 Å². The van der Waals surface area contributed by atoms with Gasteiger partial charge in [0.1, 0.15) is 12.6 Å². The molecule has 0 fully saturated rings. The molecule has 0 bridgehead atoms. The fourth-order valence-electron chi connectivity index (χ4n) is 4.89. The highest BCUT2D eigenvalue weighted by Crippen LogP contribution is 2.27. The summed E-state index contributed by atoms with van der Waals surface area (Å²) in [6.07, 6.45) is 0.252. The summed E-state index contributed by atoms with van der Waals surface area (Å²) in [4.78, 5) is 30.1. The number of hydrogen-bond acceptors (Lipinski definition) is 4. The van der Waals surface area contributed by atoms with Crippen molar-refractivity contribution < 1.29 is 18.0 Å². The molecule has 236 valence electrons. The molecule has 4 aromatic carbocycles. The highest BCUT2D eigenvalue weighted by Gasteiger charge is 2.35. The summed E-state index contributed by atoms with van der Waals surface area (Å²) in [6, 6.07) is 29.7. The molecule has 45 heavy (non-hydrogen) atoms. The molecule has 0 saturated carbocycles. The van der Waals surface area contributed by atoms with Crippen LogP contribution in [0.3, 0.4) is 0 Å². The van der Waals surface area contributed by atoms with Gasteiger partial charge in [0.05, 0.1) is 10.6 Å². The molecule has 7 nitrogen and oxygen atoms in total. The van der Waals surface area contributed by atoms with Crippen LogP contribution in [0.5, 0.6) is 0 Å². The first-order valence-corrected chi connectivity index (χ1v) is 17.0. The van der Waals surface area contributed by atoms with Crippen LogP contribution in [0, 0.1) is 13.8 Å². The summed E-state index contributed by atoms with van der Waals surface area (Å²) in [5.41, 5.74) is 3.45. The van der Waals surface area contributed by atoms with Crippen LogP contribution < -0.4 is 9.62 Å². The van der Waals surface area contributed by atoms with Crippen LogP contribution in [0.1, 0.15) is 43.0 Å². The van der Waals surface area contributed by atoms with Crippen molar-refractivity contribution in [3.63, 3.8) is 0 Å². The van der Waals surface area contributed by atoms with Crippen LogP contribution in [-0.4, -0.2) is 43.3 Å². The maximum absolute atomic E-state index is 14.5. The third-order valence-electron chi connectivity index (χ3n) is 7.23. The molecule has 9 heteroatoms. The molecule has 0 spiro atoms. The molecule has 1 atom stereocenters. The molecule has 4 aromatic rings. The van der Waals surface area contributed by atoms with E-state index in [1.54, 1.807) is 48.5 Å². The Morgan fingerprint density at radius 3 is 1.98 bits per heavy atom. The Kier molecular flexibility index (Phi) is 10.9. The van der Waals surface area contributed by atoms with Gasteiger partial charge >= 0.3 is 0 Å². The van der Waals surface area contributed by atoms with Gasteiger partial charge in [0.2, 0.25) is 11.8 Å². The molecule has 1 N–H and O–H groups in total. The van der Waals surface area contributed by atoms with Crippen LogP contribution in [0.15, 0.2) is 112 Å². The molecule has 0 heterocycles. The lowest BCUT2D eigenvalue weighted by atomic mass is 10.0. The van der Waals surface area contributed by atoms with Gasteiger partial charge in [-0.25, -0.2) is 8.42 Å². The van der Waals surface area contributed by atoms with E-state index >= 15 is 0 Å². The number of sulfonamides is 1. The van der Waals surface area contributed by atoms with Gasteiger partial charge in [0, 0.05) is 23.0 Å². The summed E-state index contributed by atoms with van der Waals surface area (Å²) in [5, 5.41) is 3.05. The number of rotatable bonds is 11. The number of hydrogen-bond donors (Lipinski definition) is 1. The van der Waals surface area contributed by atoms with Gasteiger partial charge in [-0.1, -0.05) is 99.9 Å². The first-order valence-electron chi connectivity index (χ1n) is 14.8. The summed E-state index contributed by atoms with van der Waals surface area (Å²) < 4.78 is 30.1. The van der Waals surface area contributed by atoms with Gasteiger partial charge in [-0.3, -0.25) is 13.9 Å². The second-order valence-corrected chi connectivity index (χ2v) is 15.0. The van der Waals surface area contributed by atoms with E-state index in [0.29, 0.717) is 10.2 Å². The van der Waals surface area contributed by atoms with Gasteiger partial charge in [-0.15, -0.1) is 0 Å². The van der Waals surface area contributed by atoms with Crippen LogP contribution >= 0.6 is 15.9 Å². The predicted molar refractivity (Wildman–Crippen MR) is 183 cm³/mol. The van der Waals surface area contributed by atoms with Crippen molar-refractivity contribution >= 4 is 43.5 Å². The number of nitrogens with zero attached hydrogens (tertiary/aromatic N) is 2. The van der Waals surface area contributed by atoms with Crippen molar-refractivity contribution in [2.45, 2.75) is 64.1 Å². The minimum atomic E-state index is -4.16. The molecule has 4 rings (SSSR count). The zero-order valence-electron chi connectivity index (χ0n) is 26.3. The smallest absolute Gasteiger partial charge is 0.264 e. The quantitative estimate of drug-likeness (QED) is 0.187. The number of amides is 2. The molecular formula is C36H40BrN3O4S. The largest absolute Gasteiger partial charge is 0.350 e. The van der Waals surface area contributed by atoms with Crippen molar-refractivity contribution in [1.29, 1.82) is 0 Å². The Morgan fingerprint density at radius 1 is 0.800 bits per heavy atom. The first-order chi connectivity index (χ1) is 21.2. The van der Waals surface area contributed by atoms with Gasteiger partial charge in [-0.05, 0) is 76.1 Å².